The van der Waals surface area contributed by atoms with Crippen molar-refractivity contribution in [1.29, 1.82) is 0 Å². The molecule has 0 fully saturated rings. The van der Waals surface area contributed by atoms with E-state index in [1.165, 1.54) is 12.1 Å². The van der Waals surface area contributed by atoms with Crippen LogP contribution in [0.15, 0.2) is 39.8 Å². The Balaban J connectivity index is 2.35. The van der Waals surface area contributed by atoms with Crippen molar-refractivity contribution in [2.45, 2.75) is 11.8 Å². The molecule has 0 unspecified atom stereocenters. The van der Waals surface area contributed by atoms with Gasteiger partial charge >= 0.3 is 0 Å². The van der Waals surface area contributed by atoms with Crippen molar-refractivity contribution >= 4 is 31.8 Å². The molecule has 0 aliphatic rings. The summed E-state index contributed by atoms with van der Waals surface area (Å²) in [6.07, 6.45) is 1.55. The number of hydrogen-bond donors (Lipinski definition) is 2. The third-order valence-electron chi connectivity index (χ3n) is 2.17. The highest BCUT2D eigenvalue weighted by Crippen LogP contribution is 2.19. The Bertz CT molecular complexity index is 637. The standard InChI is InChI=1S/C10H10BrN3O2S/c1-7-6-12-13-10(7)14-17(15,16)9-4-2-3-8(11)5-9/h2-6H,1H3,(H2,12,13,14). The zero-order chi connectivity index (χ0) is 12.5. The van der Waals surface area contributed by atoms with Crippen molar-refractivity contribution in [3.05, 3.63) is 40.5 Å². The summed E-state index contributed by atoms with van der Waals surface area (Å²) in [5.74, 6) is 0.380. The molecule has 1 heterocycles. The zero-order valence-electron chi connectivity index (χ0n) is 8.94. The number of anilines is 1. The summed E-state index contributed by atoms with van der Waals surface area (Å²) in [5, 5.41) is 6.35. The number of hydrogen-bond acceptors (Lipinski definition) is 3. The molecule has 0 bridgehead atoms. The number of sulfonamides is 1. The van der Waals surface area contributed by atoms with Gasteiger partial charge in [-0.3, -0.25) is 9.82 Å². The van der Waals surface area contributed by atoms with Crippen LogP contribution in [0.5, 0.6) is 0 Å². The largest absolute Gasteiger partial charge is 0.264 e. The van der Waals surface area contributed by atoms with Gasteiger partial charge in [0.25, 0.3) is 10.0 Å². The molecule has 90 valence electrons. The number of H-pyrrole nitrogens is 1. The van der Waals surface area contributed by atoms with E-state index >= 15 is 0 Å². The molecule has 7 heteroatoms. The molecule has 0 spiro atoms. The molecule has 0 aliphatic carbocycles. The summed E-state index contributed by atoms with van der Waals surface area (Å²) in [4.78, 5) is 0.195. The highest BCUT2D eigenvalue weighted by molar-refractivity contribution is 9.10. The van der Waals surface area contributed by atoms with Crippen LogP contribution in [-0.4, -0.2) is 18.6 Å². The molecule has 5 nitrogen and oxygen atoms in total. The third kappa shape index (κ3) is 2.67. The summed E-state index contributed by atoms with van der Waals surface area (Å²) >= 11 is 3.23. The number of aromatic amines is 1. The van der Waals surface area contributed by atoms with Crippen molar-refractivity contribution < 1.29 is 8.42 Å². The van der Waals surface area contributed by atoms with Crippen LogP contribution in [0.25, 0.3) is 0 Å². The normalized spacial score (nSPS) is 11.4. The molecule has 0 saturated heterocycles. The van der Waals surface area contributed by atoms with Crippen LogP contribution in [-0.2, 0) is 10.0 Å². The van der Waals surface area contributed by atoms with Crippen molar-refractivity contribution in [2.75, 3.05) is 4.72 Å². The Morgan fingerprint density at radius 2 is 2.18 bits per heavy atom. The van der Waals surface area contributed by atoms with Crippen LogP contribution in [0.2, 0.25) is 0 Å². The molecule has 17 heavy (non-hydrogen) atoms. The molecule has 2 N–H and O–H groups in total. The average Bonchev–Trinajstić information content (AvgIpc) is 2.64. The minimum absolute atomic E-state index is 0.195. The van der Waals surface area contributed by atoms with Crippen molar-refractivity contribution in [1.82, 2.24) is 10.2 Å². The average molecular weight is 316 g/mol. The van der Waals surface area contributed by atoms with Gasteiger partial charge in [-0.1, -0.05) is 22.0 Å². The Morgan fingerprint density at radius 1 is 1.41 bits per heavy atom. The molecular formula is C10H10BrN3O2S. The lowest BCUT2D eigenvalue weighted by atomic mass is 10.4. The first-order valence-electron chi connectivity index (χ1n) is 4.77. The highest BCUT2D eigenvalue weighted by atomic mass is 79.9. The molecule has 2 aromatic rings. The first-order chi connectivity index (χ1) is 7.99. The van der Waals surface area contributed by atoms with E-state index in [4.69, 9.17) is 0 Å². The van der Waals surface area contributed by atoms with Gasteiger partial charge in [0.2, 0.25) is 0 Å². The number of aryl methyl sites for hydroxylation is 1. The van der Waals surface area contributed by atoms with E-state index in [1.807, 2.05) is 0 Å². The fraction of sp³-hybridized carbons (Fsp3) is 0.100. The summed E-state index contributed by atoms with van der Waals surface area (Å²) in [5.41, 5.74) is 0.739. The Labute approximate surface area is 107 Å². The lowest BCUT2D eigenvalue weighted by Crippen LogP contribution is -2.13. The molecule has 1 aromatic carbocycles. The maximum atomic E-state index is 12.0. The van der Waals surface area contributed by atoms with Crippen LogP contribution in [0.1, 0.15) is 5.56 Å². The van der Waals surface area contributed by atoms with E-state index in [0.717, 1.165) is 5.56 Å². The predicted octanol–water partition coefficient (Wildman–Crippen LogP) is 2.28. The molecular weight excluding hydrogens is 306 g/mol. The van der Waals surface area contributed by atoms with Gasteiger partial charge in [-0.2, -0.15) is 5.10 Å². The van der Waals surface area contributed by atoms with Gasteiger partial charge in [-0.25, -0.2) is 8.42 Å². The van der Waals surface area contributed by atoms with E-state index in [2.05, 4.69) is 30.8 Å². The number of benzene rings is 1. The van der Waals surface area contributed by atoms with E-state index in [1.54, 1.807) is 25.3 Å². The number of aromatic nitrogens is 2. The maximum absolute atomic E-state index is 12.0. The number of rotatable bonds is 3. The monoisotopic (exact) mass is 315 g/mol. The molecule has 0 saturated carbocycles. The molecule has 1 aromatic heterocycles. The van der Waals surface area contributed by atoms with Gasteiger partial charge < -0.3 is 0 Å². The van der Waals surface area contributed by atoms with E-state index in [9.17, 15) is 8.42 Å². The summed E-state index contributed by atoms with van der Waals surface area (Å²) < 4.78 is 27.2. The Morgan fingerprint density at radius 3 is 2.76 bits per heavy atom. The molecule has 2 rings (SSSR count). The van der Waals surface area contributed by atoms with Gasteiger partial charge in [0.15, 0.2) is 0 Å². The molecule has 0 aliphatic heterocycles. The van der Waals surface area contributed by atoms with Gasteiger partial charge in [-0.05, 0) is 25.1 Å². The fourth-order valence-corrected chi connectivity index (χ4v) is 2.96. The molecule has 0 atom stereocenters. The topological polar surface area (TPSA) is 74.8 Å². The minimum atomic E-state index is -3.58. The summed E-state index contributed by atoms with van der Waals surface area (Å²) in [6.45, 7) is 1.77. The van der Waals surface area contributed by atoms with Gasteiger partial charge in [-0.15, -0.1) is 0 Å². The highest BCUT2D eigenvalue weighted by Gasteiger charge is 2.16. The zero-order valence-corrected chi connectivity index (χ0v) is 11.3. The quantitative estimate of drug-likeness (QED) is 0.912. The number of nitrogens with one attached hydrogen (secondary N) is 2. The van der Waals surface area contributed by atoms with E-state index in [0.29, 0.717) is 10.3 Å². The van der Waals surface area contributed by atoms with Crippen molar-refractivity contribution in [2.24, 2.45) is 0 Å². The second-order valence-electron chi connectivity index (χ2n) is 3.49. The van der Waals surface area contributed by atoms with Gasteiger partial charge in [0, 0.05) is 10.0 Å². The van der Waals surface area contributed by atoms with E-state index < -0.39 is 10.0 Å². The van der Waals surface area contributed by atoms with E-state index in [-0.39, 0.29) is 4.90 Å². The third-order valence-corrected chi connectivity index (χ3v) is 4.01. The van der Waals surface area contributed by atoms with Gasteiger partial charge in [0.05, 0.1) is 11.1 Å². The first kappa shape index (κ1) is 12.1. The van der Waals surface area contributed by atoms with Crippen LogP contribution < -0.4 is 4.72 Å². The van der Waals surface area contributed by atoms with Crippen LogP contribution >= 0.6 is 15.9 Å². The molecule has 0 radical (unpaired) electrons. The second-order valence-corrected chi connectivity index (χ2v) is 6.09. The Kier molecular flexibility index (Phi) is 3.21. The second kappa shape index (κ2) is 4.50. The number of nitrogens with zero attached hydrogens (tertiary/aromatic N) is 1. The van der Waals surface area contributed by atoms with Gasteiger partial charge in [0.1, 0.15) is 5.82 Å². The first-order valence-corrected chi connectivity index (χ1v) is 7.05. The van der Waals surface area contributed by atoms with Crippen molar-refractivity contribution in [3.8, 4) is 0 Å². The predicted molar refractivity (Wildman–Crippen MR) is 68.3 cm³/mol. The van der Waals surface area contributed by atoms with Crippen LogP contribution in [0.3, 0.4) is 0 Å². The maximum Gasteiger partial charge on any atom is 0.263 e. The summed E-state index contributed by atoms with van der Waals surface area (Å²) in [7, 11) is -3.58. The summed E-state index contributed by atoms with van der Waals surface area (Å²) in [6, 6.07) is 6.49. The van der Waals surface area contributed by atoms with Crippen LogP contribution in [0.4, 0.5) is 5.82 Å². The fourth-order valence-electron chi connectivity index (χ4n) is 1.28. The lowest BCUT2D eigenvalue weighted by Gasteiger charge is -2.07. The SMILES string of the molecule is Cc1cn[nH]c1NS(=O)(=O)c1cccc(Br)c1. The smallest absolute Gasteiger partial charge is 0.263 e. The molecule has 0 amide bonds. The minimum Gasteiger partial charge on any atom is -0.264 e. The Hall–Kier alpha value is -1.34. The van der Waals surface area contributed by atoms with Crippen LogP contribution in [0, 0.1) is 6.92 Å². The lowest BCUT2D eigenvalue weighted by molar-refractivity contribution is 0.601. The number of halogens is 1. The van der Waals surface area contributed by atoms with Crippen molar-refractivity contribution in [3.63, 3.8) is 0 Å².